The van der Waals surface area contributed by atoms with Gasteiger partial charge in [0.1, 0.15) is 0 Å². The summed E-state index contributed by atoms with van der Waals surface area (Å²) in [6.07, 6.45) is 1.71. The number of hydrogen-bond donors (Lipinski definition) is 1. The molecular formula is C17H16N2O3. The van der Waals surface area contributed by atoms with E-state index < -0.39 is 0 Å². The molecule has 0 saturated heterocycles. The van der Waals surface area contributed by atoms with Gasteiger partial charge in [0.15, 0.2) is 11.5 Å². The van der Waals surface area contributed by atoms with Gasteiger partial charge in [0.25, 0.3) is 5.91 Å². The van der Waals surface area contributed by atoms with Crippen LogP contribution in [0.1, 0.15) is 28.8 Å². The van der Waals surface area contributed by atoms with Gasteiger partial charge in [-0.2, -0.15) is 5.10 Å². The fourth-order valence-corrected chi connectivity index (χ4v) is 2.15. The summed E-state index contributed by atoms with van der Waals surface area (Å²) in [6, 6.07) is 15.0. The molecule has 1 amide bonds. The zero-order chi connectivity index (χ0) is 15.4. The van der Waals surface area contributed by atoms with Crippen molar-refractivity contribution in [1.29, 1.82) is 0 Å². The predicted molar refractivity (Wildman–Crippen MR) is 83.4 cm³/mol. The third kappa shape index (κ3) is 3.09. The van der Waals surface area contributed by atoms with Crippen molar-refractivity contribution in [3.63, 3.8) is 0 Å². The number of nitrogens with zero attached hydrogens (tertiary/aromatic N) is 1. The lowest BCUT2D eigenvalue weighted by atomic mass is 10.0. The van der Waals surface area contributed by atoms with E-state index in [2.05, 4.69) is 10.5 Å². The largest absolute Gasteiger partial charge is 0.454 e. The van der Waals surface area contributed by atoms with Gasteiger partial charge in [0.2, 0.25) is 6.79 Å². The minimum atomic E-state index is -0.283. The first-order valence-electron chi connectivity index (χ1n) is 7.02. The van der Waals surface area contributed by atoms with E-state index in [9.17, 15) is 4.79 Å². The van der Waals surface area contributed by atoms with E-state index in [1.54, 1.807) is 24.4 Å². The monoisotopic (exact) mass is 296 g/mol. The molecule has 0 radical (unpaired) electrons. The average molecular weight is 296 g/mol. The summed E-state index contributed by atoms with van der Waals surface area (Å²) in [4.78, 5) is 12.0. The second kappa shape index (κ2) is 6.30. The average Bonchev–Trinajstić information content (AvgIpc) is 3.03. The van der Waals surface area contributed by atoms with Crippen molar-refractivity contribution in [1.82, 2.24) is 5.43 Å². The molecule has 1 aliphatic rings. The normalized spacial score (nSPS) is 14.0. The third-order valence-corrected chi connectivity index (χ3v) is 3.42. The van der Waals surface area contributed by atoms with Gasteiger partial charge in [-0.1, -0.05) is 37.3 Å². The first-order valence-corrected chi connectivity index (χ1v) is 7.02. The lowest BCUT2D eigenvalue weighted by Crippen LogP contribution is -2.18. The molecule has 1 heterocycles. The third-order valence-electron chi connectivity index (χ3n) is 3.42. The van der Waals surface area contributed by atoms with Crippen molar-refractivity contribution < 1.29 is 14.3 Å². The predicted octanol–water partition coefficient (Wildman–Crippen LogP) is 2.93. The van der Waals surface area contributed by atoms with Crippen LogP contribution in [-0.2, 0) is 0 Å². The van der Waals surface area contributed by atoms with Crippen molar-refractivity contribution >= 4 is 12.1 Å². The van der Waals surface area contributed by atoms with Crippen LogP contribution in [0, 0.1) is 0 Å². The number of carbonyl (C=O) groups excluding carboxylic acids is 1. The summed E-state index contributed by atoms with van der Waals surface area (Å²) >= 11 is 0. The van der Waals surface area contributed by atoms with Gasteiger partial charge in [-0.3, -0.25) is 4.79 Å². The van der Waals surface area contributed by atoms with Crippen molar-refractivity contribution in [3.05, 3.63) is 59.7 Å². The van der Waals surface area contributed by atoms with E-state index in [0.29, 0.717) is 17.1 Å². The molecule has 0 bridgehead atoms. The fraction of sp³-hybridized carbons (Fsp3) is 0.176. The molecule has 0 aliphatic carbocycles. The topological polar surface area (TPSA) is 59.9 Å². The molecule has 22 heavy (non-hydrogen) atoms. The quantitative estimate of drug-likeness (QED) is 0.697. The SMILES string of the molecule is CC(/C=N/NC(=O)c1ccc2c(c1)OCO2)c1ccccc1. The Labute approximate surface area is 128 Å². The van der Waals surface area contributed by atoms with E-state index in [1.807, 2.05) is 37.3 Å². The summed E-state index contributed by atoms with van der Waals surface area (Å²) < 4.78 is 10.5. The lowest BCUT2D eigenvalue weighted by Gasteiger charge is -2.05. The molecule has 1 aliphatic heterocycles. The first kappa shape index (κ1) is 14.1. The molecule has 0 saturated carbocycles. The highest BCUT2D eigenvalue weighted by Crippen LogP contribution is 2.32. The molecule has 0 spiro atoms. The van der Waals surface area contributed by atoms with Gasteiger partial charge < -0.3 is 9.47 Å². The van der Waals surface area contributed by atoms with Crippen LogP contribution in [0.2, 0.25) is 0 Å². The Kier molecular flexibility index (Phi) is 4.05. The molecule has 112 valence electrons. The Morgan fingerprint density at radius 1 is 1.18 bits per heavy atom. The fourth-order valence-electron chi connectivity index (χ4n) is 2.15. The highest BCUT2D eigenvalue weighted by molar-refractivity contribution is 5.95. The van der Waals surface area contributed by atoms with Gasteiger partial charge in [-0.25, -0.2) is 5.43 Å². The standard InChI is InChI=1S/C17H16N2O3/c1-12(13-5-3-2-4-6-13)10-18-19-17(20)14-7-8-15-16(9-14)22-11-21-15/h2-10,12H,11H2,1H3,(H,19,20)/b18-10+. The molecule has 5 nitrogen and oxygen atoms in total. The highest BCUT2D eigenvalue weighted by Gasteiger charge is 2.15. The van der Waals surface area contributed by atoms with Crippen LogP contribution in [0.4, 0.5) is 0 Å². The minimum absolute atomic E-state index is 0.123. The summed E-state index contributed by atoms with van der Waals surface area (Å²) in [5.41, 5.74) is 4.15. The van der Waals surface area contributed by atoms with Crippen LogP contribution in [0.3, 0.4) is 0 Å². The van der Waals surface area contributed by atoms with Gasteiger partial charge >= 0.3 is 0 Å². The van der Waals surface area contributed by atoms with E-state index in [4.69, 9.17) is 9.47 Å². The maximum atomic E-state index is 12.0. The number of ether oxygens (including phenoxy) is 2. The molecule has 0 aromatic heterocycles. The van der Waals surface area contributed by atoms with Crippen molar-refractivity contribution in [2.75, 3.05) is 6.79 Å². The van der Waals surface area contributed by atoms with Crippen LogP contribution < -0.4 is 14.9 Å². The van der Waals surface area contributed by atoms with Crippen molar-refractivity contribution in [2.24, 2.45) is 5.10 Å². The summed E-state index contributed by atoms with van der Waals surface area (Å²) in [7, 11) is 0. The number of fused-ring (bicyclic) bond motifs is 1. The highest BCUT2D eigenvalue weighted by atomic mass is 16.7. The number of amides is 1. The molecule has 3 rings (SSSR count). The van der Waals surface area contributed by atoms with E-state index in [1.165, 1.54) is 0 Å². The van der Waals surface area contributed by atoms with Crippen LogP contribution in [0.15, 0.2) is 53.6 Å². The molecule has 1 atom stereocenters. The van der Waals surface area contributed by atoms with Gasteiger partial charge in [0.05, 0.1) is 0 Å². The molecule has 0 fully saturated rings. The van der Waals surface area contributed by atoms with Crippen LogP contribution in [0.25, 0.3) is 0 Å². The first-order chi connectivity index (χ1) is 10.7. The van der Waals surface area contributed by atoms with Crippen LogP contribution in [-0.4, -0.2) is 18.9 Å². The Bertz CT molecular complexity index is 698. The summed E-state index contributed by atoms with van der Waals surface area (Å²) in [6.45, 7) is 2.21. The smallest absolute Gasteiger partial charge is 0.271 e. The second-order valence-corrected chi connectivity index (χ2v) is 4.99. The van der Waals surface area contributed by atoms with Gasteiger partial charge in [-0.05, 0) is 23.8 Å². The lowest BCUT2D eigenvalue weighted by molar-refractivity contribution is 0.0954. The Morgan fingerprint density at radius 2 is 1.95 bits per heavy atom. The maximum Gasteiger partial charge on any atom is 0.271 e. The maximum absolute atomic E-state index is 12.0. The van der Waals surface area contributed by atoms with E-state index in [0.717, 1.165) is 5.56 Å². The molecule has 2 aromatic rings. The number of hydrazone groups is 1. The summed E-state index contributed by atoms with van der Waals surface area (Å²) in [5, 5.41) is 4.02. The zero-order valence-corrected chi connectivity index (χ0v) is 12.2. The van der Waals surface area contributed by atoms with Gasteiger partial charge in [0, 0.05) is 17.7 Å². The van der Waals surface area contributed by atoms with Crippen molar-refractivity contribution in [2.45, 2.75) is 12.8 Å². The van der Waals surface area contributed by atoms with E-state index >= 15 is 0 Å². The van der Waals surface area contributed by atoms with E-state index in [-0.39, 0.29) is 18.6 Å². The summed E-state index contributed by atoms with van der Waals surface area (Å²) in [5.74, 6) is 1.07. The molecule has 1 unspecified atom stereocenters. The van der Waals surface area contributed by atoms with Gasteiger partial charge in [-0.15, -0.1) is 0 Å². The molecule has 2 aromatic carbocycles. The Hall–Kier alpha value is -2.82. The number of hydrogen-bond acceptors (Lipinski definition) is 4. The van der Waals surface area contributed by atoms with Crippen LogP contribution in [0.5, 0.6) is 11.5 Å². The second-order valence-electron chi connectivity index (χ2n) is 4.99. The number of rotatable bonds is 4. The number of nitrogens with one attached hydrogen (secondary N) is 1. The number of carbonyl (C=O) groups is 1. The molecule has 1 N–H and O–H groups in total. The Balaban J connectivity index is 1.61. The Morgan fingerprint density at radius 3 is 2.77 bits per heavy atom. The minimum Gasteiger partial charge on any atom is -0.454 e. The van der Waals surface area contributed by atoms with Crippen molar-refractivity contribution in [3.8, 4) is 11.5 Å². The zero-order valence-electron chi connectivity index (χ0n) is 12.2. The molecular weight excluding hydrogens is 280 g/mol. The molecule has 5 heteroatoms. The number of benzene rings is 2. The van der Waals surface area contributed by atoms with Crippen LogP contribution >= 0.6 is 0 Å².